The number of para-hydroxylation sites is 2. The van der Waals surface area contributed by atoms with Gasteiger partial charge in [0.15, 0.2) is 0 Å². The molecule has 6 aromatic carbocycles. The smallest absolute Gasteiger partial charge is 0.0541 e. The summed E-state index contributed by atoms with van der Waals surface area (Å²) in [5.74, 6) is 0. The van der Waals surface area contributed by atoms with Crippen molar-refractivity contribution < 1.29 is 0 Å². The summed E-state index contributed by atoms with van der Waals surface area (Å²) in [5, 5.41) is 2.39. The molecule has 48 heavy (non-hydrogen) atoms. The minimum absolute atomic E-state index is 1.13. The van der Waals surface area contributed by atoms with Crippen LogP contribution in [0, 0.1) is 13.8 Å². The minimum Gasteiger partial charge on any atom is -0.310 e. The molecule has 0 amide bonds. The summed E-state index contributed by atoms with van der Waals surface area (Å²) < 4.78 is 0. The molecule has 6 rings (SSSR count). The third-order valence-electron chi connectivity index (χ3n) is 6.97. The van der Waals surface area contributed by atoms with Crippen LogP contribution in [0.2, 0.25) is 0 Å². The molecule has 0 saturated heterocycles. The number of nitrogens with zero attached hydrogens (tertiary/aromatic N) is 2. The molecule has 0 N–H and O–H groups in total. The Labute approximate surface area is 293 Å². The van der Waals surface area contributed by atoms with Gasteiger partial charge in [0.1, 0.15) is 0 Å². The lowest BCUT2D eigenvalue weighted by Gasteiger charge is -2.30. The molecule has 0 aromatic heterocycles. The van der Waals surface area contributed by atoms with Crippen LogP contribution in [-0.2, 0) is 0 Å². The molecule has 0 spiro atoms. The summed E-state index contributed by atoms with van der Waals surface area (Å²) in [5.41, 5.74) is 9.33. The van der Waals surface area contributed by atoms with Gasteiger partial charge in [0.2, 0.25) is 0 Å². The Bertz CT molecular complexity index is 1530. The number of hydrogen-bond donors (Lipinski definition) is 0. The molecular formula is C46H60N2. The molecular weight excluding hydrogens is 581 g/mol. The summed E-state index contributed by atoms with van der Waals surface area (Å²) in [6, 6.07) is 52.0. The number of rotatable bonds is 6. The van der Waals surface area contributed by atoms with Crippen LogP contribution >= 0.6 is 0 Å². The summed E-state index contributed by atoms with van der Waals surface area (Å²) in [7, 11) is 0. The zero-order valence-electron chi connectivity index (χ0n) is 31.8. The second-order valence-corrected chi connectivity index (χ2v) is 9.66. The van der Waals surface area contributed by atoms with Crippen molar-refractivity contribution in [2.24, 2.45) is 0 Å². The Hall–Kier alpha value is -4.82. The van der Waals surface area contributed by atoms with Crippen LogP contribution in [0.15, 0.2) is 146 Å². The van der Waals surface area contributed by atoms with E-state index in [2.05, 4.69) is 169 Å². The molecule has 2 nitrogen and oxygen atoms in total. The first-order chi connectivity index (χ1) is 23.7. The van der Waals surface area contributed by atoms with Gasteiger partial charge in [-0.15, -0.1) is 0 Å². The third kappa shape index (κ3) is 10.6. The molecule has 0 heterocycles. The lowest BCUT2D eigenvalue weighted by Crippen LogP contribution is -2.13. The molecule has 0 aliphatic rings. The summed E-state index contributed by atoms with van der Waals surface area (Å²) >= 11 is 0. The van der Waals surface area contributed by atoms with Crippen LogP contribution in [0.3, 0.4) is 0 Å². The first-order valence-electron chi connectivity index (χ1n) is 18.0. The van der Waals surface area contributed by atoms with Crippen LogP contribution in [-0.4, -0.2) is 0 Å². The highest BCUT2D eigenvalue weighted by Gasteiger charge is 2.20. The lowest BCUT2D eigenvalue weighted by atomic mass is 10.0. The minimum atomic E-state index is 1.13. The van der Waals surface area contributed by atoms with E-state index in [1.165, 1.54) is 21.9 Å². The van der Waals surface area contributed by atoms with Gasteiger partial charge in [-0.05, 0) is 74.5 Å². The van der Waals surface area contributed by atoms with Crippen molar-refractivity contribution in [3.63, 3.8) is 0 Å². The van der Waals surface area contributed by atoms with Crippen LogP contribution < -0.4 is 9.80 Å². The van der Waals surface area contributed by atoms with Crippen LogP contribution in [0.5, 0.6) is 0 Å². The van der Waals surface area contributed by atoms with Gasteiger partial charge in [0, 0.05) is 33.5 Å². The van der Waals surface area contributed by atoms with Gasteiger partial charge in [-0.3, -0.25) is 0 Å². The van der Waals surface area contributed by atoms with E-state index in [9.17, 15) is 0 Å². The molecule has 2 heteroatoms. The normalized spacial score (nSPS) is 9.25. The Morgan fingerprint density at radius 2 is 0.521 bits per heavy atom. The highest BCUT2D eigenvalue weighted by atomic mass is 15.2. The topological polar surface area (TPSA) is 6.48 Å². The van der Waals surface area contributed by atoms with E-state index in [0.29, 0.717) is 0 Å². The van der Waals surface area contributed by atoms with E-state index in [-0.39, 0.29) is 0 Å². The maximum atomic E-state index is 2.35. The van der Waals surface area contributed by atoms with E-state index in [0.717, 1.165) is 34.1 Å². The monoisotopic (exact) mass is 640 g/mol. The zero-order valence-corrected chi connectivity index (χ0v) is 31.8. The fourth-order valence-corrected chi connectivity index (χ4v) is 5.05. The van der Waals surface area contributed by atoms with Gasteiger partial charge < -0.3 is 9.80 Å². The van der Waals surface area contributed by atoms with Crippen LogP contribution in [0.4, 0.5) is 34.1 Å². The summed E-state index contributed by atoms with van der Waals surface area (Å²) in [6.07, 6.45) is 0. The quantitative estimate of drug-likeness (QED) is 0.179. The van der Waals surface area contributed by atoms with Gasteiger partial charge in [-0.25, -0.2) is 0 Å². The predicted octanol–water partition coefficient (Wildman–Crippen LogP) is 15.5. The van der Waals surface area contributed by atoms with Crippen molar-refractivity contribution in [2.75, 3.05) is 9.80 Å². The van der Waals surface area contributed by atoms with Gasteiger partial charge in [-0.1, -0.05) is 165 Å². The molecule has 0 saturated carbocycles. The van der Waals surface area contributed by atoms with Gasteiger partial charge in [-0.2, -0.15) is 0 Å². The van der Waals surface area contributed by atoms with Crippen LogP contribution in [0.25, 0.3) is 10.8 Å². The Kier molecular flexibility index (Phi) is 20.2. The maximum Gasteiger partial charge on any atom is 0.0541 e. The van der Waals surface area contributed by atoms with E-state index in [4.69, 9.17) is 0 Å². The van der Waals surface area contributed by atoms with Crippen molar-refractivity contribution in [3.8, 4) is 0 Å². The maximum absolute atomic E-state index is 2.35. The lowest BCUT2D eigenvalue weighted by molar-refractivity contribution is 1.27. The zero-order chi connectivity index (χ0) is 35.9. The Morgan fingerprint density at radius 1 is 0.271 bits per heavy atom. The third-order valence-corrected chi connectivity index (χ3v) is 6.97. The Morgan fingerprint density at radius 3 is 0.812 bits per heavy atom. The number of anilines is 6. The van der Waals surface area contributed by atoms with Gasteiger partial charge in [0.05, 0.1) is 11.4 Å². The van der Waals surface area contributed by atoms with Gasteiger partial charge >= 0.3 is 0 Å². The average Bonchev–Trinajstić information content (AvgIpc) is 3.19. The summed E-state index contributed by atoms with van der Waals surface area (Å²) in [6.45, 7) is 24.3. The number of benzene rings is 6. The number of fused-ring (bicyclic) bond motifs is 1. The van der Waals surface area contributed by atoms with Crippen molar-refractivity contribution in [1.29, 1.82) is 0 Å². The van der Waals surface area contributed by atoms with E-state index < -0.39 is 0 Å². The highest BCUT2D eigenvalue weighted by molar-refractivity contribution is 6.07. The Balaban J connectivity index is 0.00000106. The van der Waals surface area contributed by atoms with Crippen molar-refractivity contribution in [2.45, 2.75) is 83.1 Å². The molecule has 0 fully saturated rings. The largest absolute Gasteiger partial charge is 0.310 e. The van der Waals surface area contributed by atoms with Crippen molar-refractivity contribution in [3.05, 3.63) is 157 Å². The molecule has 0 bridgehead atoms. The van der Waals surface area contributed by atoms with Crippen molar-refractivity contribution in [1.82, 2.24) is 0 Å². The van der Waals surface area contributed by atoms with E-state index in [1.807, 2.05) is 69.2 Å². The fourth-order valence-electron chi connectivity index (χ4n) is 5.05. The van der Waals surface area contributed by atoms with Crippen LogP contribution in [0.1, 0.15) is 80.4 Å². The first-order valence-corrected chi connectivity index (χ1v) is 18.0. The molecule has 0 aliphatic heterocycles. The second-order valence-electron chi connectivity index (χ2n) is 9.66. The molecule has 0 unspecified atom stereocenters. The average molecular weight is 641 g/mol. The van der Waals surface area contributed by atoms with E-state index in [1.54, 1.807) is 0 Å². The standard InChI is InChI=1S/C36H30N2.5C2H6/c1-27-17-21-31(22-18-27)37(29-11-5-3-6-12-29)35-25-26-36(34-16-10-9-15-33(34)35)38(30-13-7-4-8-14-30)32-23-19-28(2)20-24-32;5*1-2/h3-26H,1-2H3;5*1-2H3. The second kappa shape index (κ2) is 23.5. The molecule has 254 valence electrons. The number of aryl methyl sites for hydroxylation is 2. The SMILES string of the molecule is CC.CC.CC.CC.CC.Cc1ccc(N(c2ccccc2)c2ccc(N(c3ccccc3)c3ccc(C)cc3)c3ccccc23)cc1. The molecule has 0 radical (unpaired) electrons. The van der Waals surface area contributed by atoms with Crippen molar-refractivity contribution >= 4 is 44.9 Å². The molecule has 0 atom stereocenters. The fraction of sp³-hybridized carbons (Fsp3) is 0.261. The molecule has 6 aromatic rings. The predicted molar refractivity (Wildman–Crippen MR) is 220 cm³/mol. The van der Waals surface area contributed by atoms with E-state index >= 15 is 0 Å². The van der Waals surface area contributed by atoms with Gasteiger partial charge in [0.25, 0.3) is 0 Å². The highest BCUT2D eigenvalue weighted by Crippen LogP contribution is 2.45. The molecule has 0 aliphatic carbocycles. The summed E-state index contributed by atoms with van der Waals surface area (Å²) in [4.78, 5) is 4.70. The first kappa shape index (κ1) is 41.2. The number of hydrogen-bond acceptors (Lipinski definition) is 2.